The summed E-state index contributed by atoms with van der Waals surface area (Å²) in [7, 11) is 0. The Kier molecular flexibility index (Phi) is 4.18. The van der Waals surface area contributed by atoms with Crippen LogP contribution in [0.3, 0.4) is 0 Å². The topological polar surface area (TPSA) is 52.6 Å². The summed E-state index contributed by atoms with van der Waals surface area (Å²) in [5.74, 6) is 0.144. The Morgan fingerprint density at radius 2 is 2.00 bits per heavy atom. The lowest BCUT2D eigenvalue weighted by Gasteiger charge is -2.30. The molecular formula is C12H22N2O2. The summed E-state index contributed by atoms with van der Waals surface area (Å²) in [4.78, 5) is 13.6. The number of carbonyl (C=O) groups is 1. The second-order valence-electron chi connectivity index (χ2n) is 5.00. The second kappa shape index (κ2) is 5.64. The maximum atomic E-state index is 11.9. The zero-order valence-corrected chi connectivity index (χ0v) is 9.82. The minimum Gasteiger partial charge on any atom is -0.391 e. The van der Waals surface area contributed by atoms with Gasteiger partial charge in [-0.3, -0.25) is 4.79 Å². The first kappa shape index (κ1) is 11.9. The lowest BCUT2D eigenvalue weighted by Crippen LogP contribution is -2.46. The summed E-state index contributed by atoms with van der Waals surface area (Å²) in [5, 5.41) is 12.8. The molecule has 4 heteroatoms. The van der Waals surface area contributed by atoms with Crippen molar-refractivity contribution in [3.63, 3.8) is 0 Å². The number of likely N-dealkylation sites (tertiary alicyclic amines) is 1. The number of aliphatic hydroxyl groups excluding tert-OH is 1. The number of rotatable bonds is 3. The molecule has 0 aromatic rings. The van der Waals surface area contributed by atoms with E-state index in [1.165, 1.54) is 25.7 Å². The first-order chi connectivity index (χ1) is 7.75. The maximum absolute atomic E-state index is 11.9. The van der Waals surface area contributed by atoms with Gasteiger partial charge in [0.1, 0.15) is 0 Å². The van der Waals surface area contributed by atoms with Crippen LogP contribution in [-0.2, 0) is 4.79 Å². The molecule has 1 heterocycles. The quantitative estimate of drug-likeness (QED) is 0.737. The molecule has 0 aromatic heterocycles. The van der Waals surface area contributed by atoms with Gasteiger partial charge in [0, 0.05) is 19.1 Å². The van der Waals surface area contributed by atoms with Gasteiger partial charge >= 0.3 is 0 Å². The molecule has 1 atom stereocenters. The number of piperidine rings is 1. The van der Waals surface area contributed by atoms with Crippen molar-refractivity contribution in [2.75, 3.05) is 19.6 Å². The van der Waals surface area contributed by atoms with Gasteiger partial charge < -0.3 is 15.3 Å². The van der Waals surface area contributed by atoms with E-state index in [9.17, 15) is 9.90 Å². The fraction of sp³-hybridized carbons (Fsp3) is 0.917. The van der Waals surface area contributed by atoms with Gasteiger partial charge in [0.2, 0.25) is 5.91 Å². The van der Waals surface area contributed by atoms with E-state index in [4.69, 9.17) is 0 Å². The summed E-state index contributed by atoms with van der Waals surface area (Å²) >= 11 is 0. The zero-order chi connectivity index (χ0) is 11.4. The molecular weight excluding hydrogens is 204 g/mol. The summed E-state index contributed by atoms with van der Waals surface area (Å²) < 4.78 is 0. The number of nitrogens with one attached hydrogen (secondary N) is 1. The molecule has 0 bridgehead atoms. The molecule has 2 aliphatic rings. The Bertz CT molecular complexity index is 239. The normalized spacial score (nSPS) is 27.3. The molecule has 0 aromatic carbocycles. The van der Waals surface area contributed by atoms with E-state index in [-0.39, 0.29) is 12.0 Å². The van der Waals surface area contributed by atoms with Crippen LogP contribution in [0, 0.1) is 0 Å². The van der Waals surface area contributed by atoms with Gasteiger partial charge in [-0.05, 0) is 25.7 Å². The highest BCUT2D eigenvalue weighted by atomic mass is 16.3. The van der Waals surface area contributed by atoms with E-state index < -0.39 is 0 Å². The number of carbonyl (C=O) groups excluding carboxylic acids is 1. The highest BCUT2D eigenvalue weighted by molar-refractivity contribution is 5.78. The summed E-state index contributed by atoms with van der Waals surface area (Å²) in [6.07, 6.45) is 6.43. The van der Waals surface area contributed by atoms with E-state index in [1.807, 2.05) is 0 Å². The van der Waals surface area contributed by atoms with Crippen molar-refractivity contribution in [2.24, 2.45) is 0 Å². The average molecular weight is 226 g/mol. The van der Waals surface area contributed by atoms with E-state index in [0.29, 0.717) is 19.1 Å². The van der Waals surface area contributed by atoms with Crippen LogP contribution in [0.2, 0.25) is 0 Å². The Morgan fingerprint density at radius 3 is 2.69 bits per heavy atom. The van der Waals surface area contributed by atoms with Gasteiger partial charge in [-0.25, -0.2) is 0 Å². The molecule has 2 rings (SSSR count). The van der Waals surface area contributed by atoms with Gasteiger partial charge in [-0.1, -0.05) is 12.8 Å². The molecule has 16 heavy (non-hydrogen) atoms. The smallest absolute Gasteiger partial charge is 0.236 e. The predicted molar refractivity (Wildman–Crippen MR) is 62.1 cm³/mol. The third kappa shape index (κ3) is 3.19. The van der Waals surface area contributed by atoms with Crippen molar-refractivity contribution < 1.29 is 9.90 Å². The monoisotopic (exact) mass is 226 g/mol. The fourth-order valence-electron chi connectivity index (χ4n) is 2.65. The molecule has 92 valence electrons. The van der Waals surface area contributed by atoms with Crippen molar-refractivity contribution in [3.05, 3.63) is 0 Å². The maximum Gasteiger partial charge on any atom is 0.236 e. The molecule has 2 fully saturated rings. The van der Waals surface area contributed by atoms with Crippen LogP contribution in [-0.4, -0.2) is 47.7 Å². The number of hydrogen-bond acceptors (Lipinski definition) is 3. The van der Waals surface area contributed by atoms with Gasteiger partial charge in [-0.2, -0.15) is 0 Å². The Morgan fingerprint density at radius 1 is 1.25 bits per heavy atom. The Hall–Kier alpha value is -0.610. The van der Waals surface area contributed by atoms with Crippen LogP contribution in [0.1, 0.15) is 38.5 Å². The average Bonchev–Trinajstić information content (AvgIpc) is 2.78. The molecule has 0 spiro atoms. The van der Waals surface area contributed by atoms with Crippen LogP contribution >= 0.6 is 0 Å². The molecule has 0 unspecified atom stereocenters. The van der Waals surface area contributed by atoms with Crippen molar-refractivity contribution in [1.29, 1.82) is 0 Å². The van der Waals surface area contributed by atoms with Crippen molar-refractivity contribution in [2.45, 2.75) is 50.7 Å². The molecule has 4 nitrogen and oxygen atoms in total. The lowest BCUT2D eigenvalue weighted by molar-refractivity contribution is -0.133. The molecule has 0 radical (unpaired) electrons. The first-order valence-electron chi connectivity index (χ1n) is 6.45. The SMILES string of the molecule is O=C(CNC1CCCC1)N1CCC[C@H](O)C1. The van der Waals surface area contributed by atoms with Gasteiger partial charge in [0.05, 0.1) is 12.6 Å². The van der Waals surface area contributed by atoms with Crippen LogP contribution in [0.15, 0.2) is 0 Å². The van der Waals surface area contributed by atoms with Crippen molar-refractivity contribution in [1.82, 2.24) is 10.2 Å². The first-order valence-corrected chi connectivity index (χ1v) is 6.45. The third-order valence-electron chi connectivity index (χ3n) is 3.65. The number of amides is 1. The molecule has 1 aliphatic carbocycles. The minimum atomic E-state index is -0.316. The van der Waals surface area contributed by atoms with Crippen LogP contribution in [0.4, 0.5) is 0 Å². The highest BCUT2D eigenvalue weighted by Crippen LogP contribution is 2.17. The Balaban J connectivity index is 1.70. The number of aliphatic hydroxyl groups is 1. The van der Waals surface area contributed by atoms with Crippen LogP contribution in [0.5, 0.6) is 0 Å². The van der Waals surface area contributed by atoms with E-state index in [1.54, 1.807) is 4.90 Å². The highest BCUT2D eigenvalue weighted by Gasteiger charge is 2.23. The minimum absolute atomic E-state index is 0.144. The molecule has 1 aliphatic heterocycles. The standard InChI is InChI=1S/C12H22N2O2/c15-11-6-3-7-14(9-11)12(16)8-13-10-4-1-2-5-10/h10-11,13,15H,1-9H2/t11-/m0/s1. The largest absolute Gasteiger partial charge is 0.391 e. The summed E-state index contributed by atoms with van der Waals surface area (Å²) in [6, 6.07) is 0.540. The molecule has 1 saturated carbocycles. The van der Waals surface area contributed by atoms with Crippen molar-refractivity contribution in [3.8, 4) is 0 Å². The van der Waals surface area contributed by atoms with Crippen molar-refractivity contribution >= 4 is 5.91 Å². The number of β-amino-alcohol motifs (C(OH)–C–C–N with tert-alkyl or cyclic N) is 1. The number of nitrogens with zero attached hydrogens (tertiary/aromatic N) is 1. The van der Waals surface area contributed by atoms with Crippen LogP contribution in [0.25, 0.3) is 0 Å². The molecule has 2 N–H and O–H groups in total. The fourth-order valence-corrected chi connectivity index (χ4v) is 2.65. The summed E-state index contributed by atoms with van der Waals surface area (Å²) in [6.45, 7) is 1.77. The van der Waals surface area contributed by atoms with Gasteiger partial charge in [0.15, 0.2) is 0 Å². The predicted octanol–water partition coefficient (Wildman–Crippen LogP) is 0.502. The number of hydrogen-bond donors (Lipinski definition) is 2. The summed E-state index contributed by atoms with van der Waals surface area (Å²) in [5.41, 5.74) is 0. The lowest BCUT2D eigenvalue weighted by atomic mass is 10.1. The molecule has 1 saturated heterocycles. The van der Waals surface area contributed by atoms with Gasteiger partial charge in [-0.15, -0.1) is 0 Å². The van der Waals surface area contributed by atoms with E-state index in [0.717, 1.165) is 19.4 Å². The third-order valence-corrected chi connectivity index (χ3v) is 3.65. The molecule has 1 amide bonds. The van der Waals surface area contributed by atoms with Gasteiger partial charge in [0.25, 0.3) is 0 Å². The van der Waals surface area contributed by atoms with Crippen LogP contribution < -0.4 is 5.32 Å². The van der Waals surface area contributed by atoms with E-state index in [2.05, 4.69) is 5.32 Å². The second-order valence-corrected chi connectivity index (χ2v) is 5.00. The zero-order valence-electron chi connectivity index (χ0n) is 9.82. The Labute approximate surface area is 97.0 Å². The van der Waals surface area contributed by atoms with E-state index >= 15 is 0 Å².